The predicted octanol–water partition coefficient (Wildman–Crippen LogP) is 3.55. The number of ether oxygens (including phenoxy) is 1. The number of amidine groups is 1. The molecule has 0 atom stereocenters. The van der Waals surface area contributed by atoms with Crippen molar-refractivity contribution in [1.82, 2.24) is 4.90 Å². The number of oxime groups is 1. The zero-order valence-electron chi connectivity index (χ0n) is 17.1. The standard InChI is InChI=1S/C22H26F2N4O3/c23-22(24)31-18-10-8-17(9-11-18)26-20(29)15-30-27-21(25)19-7-3-2-6-16(19)14-28-12-4-1-5-13-28/h2-3,6-11,22H,1,4-5,12-15H2,(H2,25,27)(H,26,29). The molecule has 1 aliphatic heterocycles. The first-order valence-corrected chi connectivity index (χ1v) is 10.1. The zero-order valence-corrected chi connectivity index (χ0v) is 17.1. The number of hydrogen-bond donors (Lipinski definition) is 2. The van der Waals surface area contributed by atoms with Crippen molar-refractivity contribution in [3.63, 3.8) is 0 Å². The second kappa shape index (κ2) is 11.3. The first-order valence-electron chi connectivity index (χ1n) is 10.1. The van der Waals surface area contributed by atoms with Crippen LogP contribution >= 0.6 is 0 Å². The van der Waals surface area contributed by atoms with E-state index in [1.807, 2.05) is 24.3 Å². The Morgan fingerprint density at radius 2 is 1.81 bits per heavy atom. The molecule has 2 aromatic rings. The van der Waals surface area contributed by atoms with Crippen LogP contribution in [0.1, 0.15) is 30.4 Å². The van der Waals surface area contributed by atoms with Gasteiger partial charge in [0.2, 0.25) is 0 Å². The van der Waals surface area contributed by atoms with Crippen LogP contribution in [0.4, 0.5) is 14.5 Å². The van der Waals surface area contributed by atoms with Gasteiger partial charge in [-0.3, -0.25) is 9.69 Å². The number of nitrogens with two attached hydrogens (primary N) is 1. The summed E-state index contributed by atoms with van der Waals surface area (Å²) in [4.78, 5) is 19.5. The Hall–Kier alpha value is -3.20. The van der Waals surface area contributed by atoms with Gasteiger partial charge in [0, 0.05) is 17.8 Å². The molecule has 0 aliphatic carbocycles. The smallest absolute Gasteiger partial charge is 0.387 e. The van der Waals surface area contributed by atoms with Crippen molar-refractivity contribution >= 4 is 17.4 Å². The van der Waals surface area contributed by atoms with Crippen LogP contribution in [0.5, 0.6) is 5.75 Å². The number of alkyl halides is 2. The molecule has 0 unspecified atom stereocenters. The maximum atomic E-state index is 12.2. The molecule has 0 saturated carbocycles. The second-order valence-corrected chi connectivity index (χ2v) is 7.19. The topological polar surface area (TPSA) is 89.2 Å². The molecule has 1 fully saturated rings. The van der Waals surface area contributed by atoms with Gasteiger partial charge in [0.15, 0.2) is 12.4 Å². The lowest BCUT2D eigenvalue weighted by molar-refractivity contribution is -0.120. The molecule has 0 spiro atoms. The molecule has 7 nitrogen and oxygen atoms in total. The van der Waals surface area contributed by atoms with Crippen LogP contribution in [0.25, 0.3) is 0 Å². The molecule has 31 heavy (non-hydrogen) atoms. The average molecular weight is 432 g/mol. The second-order valence-electron chi connectivity index (χ2n) is 7.19. The Kier molecular flexibility index (Phi) is 8.17. The minimum absolute atomic E-state index is 0.00448. The molecule has 9 heteroatoms. The zero-order chi connectivity index (χ0) is 22.1. The molecule has 0 aromatic heterocycles. The molecule has 2 aromatic carbocycles. The third-order valence-electron chi connectivity index (χ3n) is 4.86. The van der Waals surface area contributed by atoms with Crippen LogP contribution in [0.15, 0.2) is 53.7 Å². The number of hydrogen-bond acceptors (Lipinski definition) is 5. The van der Waals surface area contributed by atoms with Crippen molar-refractivity contribution in [1.29, 1.82) is 0 Å². The van der Waals surface area contributed by atoms with Crippen molar-refractivity contribution < 1.29 is 23.1 Å². The van der Waals surface area contributed by atoms with E-state index in [9.17, 15) is 13.6 Å². The molecule has 3 N–H and O–H groups in total. The fourth-order valence-corrected chi connectivity index (χ4v) is 3.39. The van der Waals surface area contributed by atoms with E-state index in [1.54, 1.807) is 0 Å². The summed E-state index contributed by atoms with van der Waals surface area (Å²) < 4.78 is 28.6. The predicted molar refractivity (Wildman–Crippen MR) is 114 cm³/mol. The van der Waals surface area contributed by atoms with Crippen LogP contribution < -0.4 is 15.8 Å². The highest BCUT2D eigenvalue weighted by atomic mass is 19.3. The van der Waals surface area contributed by atoms with E-state index in [2.05, 4.69) is 20.1 Å². The largest absolute Gasteiger partial charge is 0.435 e. The Labute approximate surface area is 179 Å². The molecule has 1 aliphatic rings. The number of nitrogens with zero attached hydrogens (tertiary/aromatic N) is 2. The number of halogens is 2. The fourth-order valence-electron chi connectivity index (χ4n) is 3.39. The van der Waals surface area contributed by atoms with Crippen LogP contribution in [-0.4, -0.2) is 43.0 Å². The number of benzene rings is 2. The van der Waals surface area contributed by atoms with E-state index < -0.39 is 12.5 Å². The van der Waals surface area contributed by atoms with E-state index in [1.165, 1.54) is 43.5 Å². The van der Waals surface area contributed by atoms with Gasteiger partial charge in [-0.25, -0.2) is 0 Å². The summed E-state index contributed by atoms with van der Waals surface area (Å²) in [5.74, 6) is -0.251. The highest BCUT2D eigenvalue weighted by Gasteiger charge is 2.14. The van der Waals surface area contributed by atoms with Gasteiger partial charge in [0.1, 0.15) is 5.75 Å². The third-order valence-corrected chi connectivity index (χ3v) is 4.86. The Morgan fingerprint density at radius 3 is 2.52 bits per heavy atom. The number of nitrogens with one attached hydrogen (secondary N) is 1. The maximum absolute atomic E-state index is 12.2. The molecule has 1 heterocycles. The molecule has 3 rings (SSSR count). The minimum atomic E-state index is -2.90. The third kappa shape index (κ3) is 7.21. The Bertz CT molecular complexity index is 885. The Balaban J connectivity index is 1.52. The van der Waals surface area contributed by atoms with Crippen LogP contribution in [0, 0.1) is 0 Å². The number of piperidine rings is 1. The SMILES string of the molecule is N/C(=N/OCC(=O)Nc1ccc(OC(F)F)cc1)c1ccccc1CN1CCCCC1. The summed E-state index contributed by atoms with van der Waals surface area (Å²) in [5, 5.41) is 6.47. The summed E-state index contributed by atoms with van der Waals surface area (Å²) in [7, 11) is 0. The van der Waals surface area contributed by atoms with Gasteiger partial charge in [-0.15, -0.1) is 0 Å². The summed E-state index contributed by atoms with van der Waals surface area (Å²) in [6.07, 6.45) is 3.67. The lowest BCUT2D eigenvalue weighted by Crippen LogP contribution is -2.30. The van der Waals surface area contributed by atoms with Gasteiger partial charge in [0.25, 0.3) is 5.91 Å². The monoisotopic (exact) mass is 432 g/mol. The number of likely N-dealkylation sites (tertiary alicyclic amines) is 1. The molecule has 0 bridgehead atoms. The number of amides is 1. The first kappa shape index (κ1) is 22.5. The van der Waals surface area contributed by atoms with Crippen molar-refractivity contribution in [2.45, 2.75) is 32.4 Å². The van der Waals surface area contributed by atoms with Gasteiger partial charge >= 0.3 is 6.61 Å². The first-order chi connectivity index (χ1) is 15.0. The number of rotatable bonds is 9. The molecule has 1 amide bonds. The van der Waals surface area contributed by atoms with Crippen molar-refractivity contribution in [3.05, 3.63) is 59.7 Å². The normalized spacial score (nSPS) is 15.0. The quantitative estimate of drug-likeness (QED) is 0.359. The van der Waals surface area contributed by atoms with Crippen LogP contribution in [0.3, 0.4) is 0 Å². The minimum Gasteiger partial charge on any atom is -0.435 e. The Morgan fingerprint density at radius 1 is 1.10 bits per heavy atom. The van der Waals surface area contributed by atoms with Gasteiger partial charge < -0.3 is 20.6 Å². The summed E-state index contributed by atoms with van der Waals surface area (Å²) in [6, 6.07) is 13.3. The molecule has 166 valence electrons. The van der Waals surface area contributed by atoms with Gasteiger partial charge in [0.05, 0.1) is 0 Å². The van der Waals surface area contributed by atoms with E-state index >= 15 is 0 Å². The fraction of sp³-hybridized carbons (Fsp3) is 0.364. The lowest BCUT2D eigenvalue weighted by Gasteiger charge is -2.27. The van der Waals surface area contributed by atoms with E-state index in [0.29, 0.717) is 5.69 Å². The molecular formula is C22H26F2N4O3. The molecule has 0 radical (unpaired) electrons. The molecule has 1 saturated heterocycles. The van der Waals surface area contributed by atoms with E-state index in [4.69, 9.17) is 10.6 Å². The van der Waals surface area contributed by atoms with Crippen molar-refractivity contribution in [3.8, 4) is 5.75 Å². The average Bonchev–Trinajstić information content (AvgIpc) is 2.76. The number of anilines is 1. The van der Waals surface area contributed by atoms with Gasteiger partial charge in [-0.1, -0.05) is 35.8 Å². The maximum Gasteiger partial charge on any atom is 0.387 e. The summed E-state index contributed by atoms with van der Waals surface area (Å²) >= 11 is 0. The highest BCUT2D eigenvalue weighted by Crippen LogP contribution is 2.18. The summed E-state index contributed by atoms with van der Waals surface area (Å²) in [6.45, 7) is -0.320. The van der Waals surface area contributed by atoms with E-state index in [0.717, 1.165) is 30.8 Å². The summed E-state index contributed by atoms with van der Waals surface area (Å²) in [5.41, 5.74) is 8.35. The van der Waals surface area contributed by atoms with Crippen molar-refractivity contribution in [2.75, 3.05) is 25.0 Å². The van der Waals surface area contributed by atoms with Gasteiger partial charge in [-0.2, -0.15) is 8.78 Å². The highest BCUT2D eigenvalue weighted by molar-refractivity contribution is 5.98. The van der Waals surface area contributed by atoms with Crippen LogP contribution in [0.2, 0.25) is 0 Å². The van der Waals surface area contributed by atoms with E-state index in [-0.39, 0.29) is 18.2 Å². The van der Waals surface area contributed by atoms with Gasteiger partial charge in [-0.05, 0) is 55.8 Å². The van der Waals surface area contributed by atoms with Crippen molar-refractivity contribution in [2.24, 2.45) is 10.9 Å². The number of carbonyl (C=O) groups excluding carboxylic acids is 1. The van der Waals surface area contributed by atoms with Crippen LogP contribution in [-0.2, 0) is 16.2 Å². The number of carbonyl (C=O) groups is 1. The molecular weight excluding hydrogens is 406 g/mol. The lowest BCUT2D eigenvalue weighted by atomic mass is 10.0.